The number of likely N-dealkylation sites (tertiary alicyclic amines) is 1. The first-order chi connectivity index (χ1) is 10.7. The Labute approximate surface area is 131 Å². The average Bonchev–Trinajstić information content (AvgIpc) is 3.16. The summed E-state index contributed by atoms with van der Waals surface area (Å²) in [6.45, 7) is 4.58. The zero-order valence-electron chi connectivity index (χ0n) is 13.2. The van der Waals surface area contributed by atoms with E-state index in [1.807, 2.05) is 18.2 Å². The summed E-state index contributed by atoms with van der Waals surface area (Å²) in [7, 11) is 0. The van der Waals surface area contributed by atoms with Crippen molar-refractivity contribution in [3.8, 4) is 0 Å². The van der Waals surface area contributed by atoms with Crippen molar-refractivity contribution < 1.29 is 9.21 Å². The molecule has 0 N–H and O–H groups in total. The minimum absolute atomic E-state index is 0.278. The minimum Gasteiger partial charge on any atom is -0.461 e. The lowest BCUT2D eigenvalue weighted by atomic mass is 10.1. The van der Waals surface area contributed by atoms with Crippen molar-refractivity contribution >= 4 is 16.8 Å². The van der Waals surface area contributed by atoms with Crippen molar-refractivity contribution in [3.05, 3.63) is 35.6 Å². The van der Waals surface area contributed by atoms with Gasteiger partial charge >= 0.3 is 0 Å². The average molecular weight is 297 g/mol. The van der Waals surface area contributed by atoms with Crippen molar-refractivity contribution in [2.45, 2.75) is 45.1 Å². The molecule has 0 amide bonds. The van der Waals surface area contributed by atoms with Crippen LogP contribution >= 0.6 is 0 Å². The molecule has 1 atom stereocenters. The van der Waals surface area contributed by atoms with E-state index in [1.165, 1.54) is 19.4 Å². The van der Waals surface area contributed by atoms with Gasteiger partial charge in [0, 0.05) is 35.9 Å². The number of fused-ring (bicyclic) bond motifs is 1. The highest BCUT2D eigenvalue weighted by molar-refractivity contribution is 6.01. The Balaban J connectivity index is 1.49. The van der Waals surface area contributed by atoms with Crippen LogP contribution in [0.3, 0.4) is 0 Å². The smallest absolute Gasteiger partial charge is 0.165 e. The van der Waals surface area contributed by atoms with Crippen LogP contribution < -0.4 is 0 Å². The zero-order chi connectivity index (χ0) is 15.1. The molecule has 4 rings (SSSR count). The molecule has 2 aliphatic rings. The van der Waals surface area contributed by atoms with Gasteiger partial charge in [0.1, 0.15) is 11.3 Å². The number of Topliss-reactive ketones (excluding diaryl/α,β-unsaturated/α-hetero) is 1. The molecular formula is C19H23NO2. The maximum atomic E-state index is 12.2. The molecule has 3 heteroatoms. The van der Waals surface area contributed by atoms with Crippen LogP contribution in [0.15, 0.2) is 28.7 Å². The Morgan fingerprint density at radius 3 is 2.86 bits per heavy atom. The molecular weight excluding hydrogens is 274 g/mol. The molecule has 0 spiro atoms. The van der Waals surface area contributed by atoms with Gasteiger partial charge in [-0.2, -0.15) is 0 Å². The van der Waals surface area contributed by atoms with Gasteiger partial charge in [0.2, 0.25) is 0 Å². The molecule has 1 aromatic heterocycles. The first-order valence-corrected chi connectivity index (χ1v) is 8.51. The largest absolute Gasteiger partial charge is 0.461 e. The number of furan rings is 1. The predicted octanol–water partition coefficient (Wildman–Crippen LogP) is 4.05. The summed E-state index contributed by atoms with van der Waals surface area (Å²) in [5.41, 5.74) is 1.74. The molecule has 1 saturated carbocycles. The fraction of sp³-hybridized carbons (Fsp3) is 0.526. The number of nitrogens with zero attached hydrogens (tertiary/aromatic N) is 1. The van der Waals surface area contributed by atoms with Crippen LogP contribution in [0.25, 0.3) is 11.0 Å². The second-order valence-electron chi connectivity index (χ2n) is 6.88. The molecule has 1 aliphatic heterocycles. The molecule has 2 heterocycles. The molecule has 1 unspecified atom stereocenters. The predicted molar refractivity (Wildman–Crippen MR) is 87.2 cm³/mol. The molecule has 3 nitrogen and oxygen atoms in total. The molecule has 2 aromatic rings. The Bertz CT molecular complexity index is 699. The number of hydrogen-bond acceptors (Lipinski definition) is 3. The topological polar surface area (TPSA) is 33.5 Å². The van der Waals surface area contributed by atoms with Crippen molar-refractivity contribution in [3.63, 3.8) is 0 Å². The van der Waals surface area contributed by atoms with E-state index in [2.05, 4.69) is 17.9 Å². The number of carbonyl (C=O) groups is 1. The van der Waals surface area contributed by atoms with Crippen LogP contribution in [0.4, 0.5) is 0 Å². The van der Waals surface area contributed by atoms with E-state index in [9.17, 15) is 4.79 Å². The number of benzene rings is 1. The van der Waals surface area contributed by atoms with Crippen LogP contribution in [0.2, 0.25) is 0 Å². The normalized spacial score (nSPS) is 22.5. The van der Waals surface area contributed by atoms with E-state index in [1.54, 1.807) is 0 Å². The summed E-state index contributed by atoms with van der Waals surface area (Å²) in [4.78, 5) is 14.7. The number of rotatable bonds is 5. The SMILES string of the molecule is CC1CCCN1CCc1cc2cc(C(=O)C3CC3)ccc2o1. The molecule has 22 heavy (non-hydrogen) atoms. The van der Waals surface area contributed by atoms with Gasteiger partial charge < -0.3 is 9.32 Å². The quantitative estimate of drug-likeness (QED) is 0.781. The summed E-state index contributed by atoms with van der Waals surface area (Å²) >= 11 is 0. The van der Waals surface area contributed by atoms with E-state index >= 15 is 0 Å². The Hall–Kier alpha value is -1.61. The van der Waals surface area contributed by atoms with E-state index in [0.717, 1.165) is 48.1 Å². The third kappa shape index (κ3) is 2.70. The minimum atomic E-state index is 0.278. The zero-order valence-corrected chi connectivity index (χ0v) is 13.2. The molecule has 0 radical (unpaired) electrons. The van der Waals surface area contributed by atoms with Crippen molar-refractivity contribution in [2.75, 3.05) is 13.1 Å². The molecule has 0 bridgehead atoms. The summed E-state index contributed by atoms with van der Waals surface area (Å²) in [6, 6.07) is 8.68. The second kappa shape index (κ2) is 5.54. The third-order valence-corrected chi connectivity index (χ3v) is 5.14. The van der Waals surface area contributed by atoms with Gasteiger partial charge in [0.15, 0.2) is 5.78 Å². The monoisotopic (exact) mass is 297 g/mol. The summed E-state index contributed by atoms with van der Waals surface area (Å²) in [5.74, 6) is 1.61. The third-order valence-electron chi connectivity index (χ3n) is 5.14. The van der Waals surface area contributed by atoms with Gasteiger partial charge in [-0.3, -0.25) is 4.79 Å². The lowest BCUT2D eigenvalue weighted by Gasteiger charge is -2.19. The van der Waals surface area contributed by atoms with E-state index in [0.29, 0.717) is 11.8 Å². The Morgan fingerprint density at radius 1 is 1.27 bits per heavy atom. The second-order valence-corrected chi connectivity index (χ2v) is 6.88. The van der Waals surface area contributed by atoms with Crippen LogP contribution in [-0.2, 0) is 6.42 Å². The number of carbonyl (C=O) groups excluding carboxylic acids is 1. The van der Waals surface area contributed by atoms with Crippen LogP contribution in [0.1, 0.15) is 48.7 Å². The van der Waals surface area contributed by atoms with Crippen molar-refractivity contribution in [2.24, 2.45) is 5.92 Å². The van der Waals surface area contributed by atoms with Crippen LogP contribution in [-0.4, -0.2) is 29.8 Å². The summed E-state index contributed by atoms with van der Waals surface area (Å²) in [6.07, 6.45) is 5.69. The van der Waals surface area contributed by atoms with Gasteiger partial charge in [0.25, 0.3) is 0 Å². The Morgan fingerprint density at radius 2 is 2.14 bits per heavy atom. The summed E-state index contributed by atoms with van der Waals surface area (Å²) in [5, 5.41) is 1.07. The number of hydrogen-bond donors (Lipinski definition) is 0. The highest BCUT2D eigenvalue weighted by Crippen LogP contribution is 2.33. The molecule has 116 valence electrons. The highest BCUT2D eigenvalue weighted by Gasteiger charge is 2.30. The van der Waals surface area contributed by atoms with Crippen molar-refractivity contribution in [1.29, 1.82) is 0 Å². The van der Waals surface area contributed by atoms with Gasteiger partial charge in [-0.15, -0.1) is 0 Å². The lowest BCUT2D eigenvalue weighted by Crippen LogP contribution is -2.28. The molecule has 2 fully saturated rings. The van der Waals surface area contributed by atoms with Crippen LogP contribution in [0, 0.1) is 5.92 Å². The van der Waals surface area contributed by atoms with Crippen molar-refractivity contribution in [1.82, 2.24) is 4.90 Å². The first kappa shape index (κ1) is 14.0. The maximum absolute atomic E-state index is 12.2. The van der Waals surface area contributed by atoms with Crippen LogP contribution in [0.5, 0.6) is 0 Å². The maximum Gasteiger partial charge on any atom is 0.165 e. The standard InChI is InChI=1S/C19H23NO2/c1-13-3-2-9-20(13)10-8-17-12-16-11-15(6-7-18(16)22-17)19(21)14-4-5-14/h6-7,11-14H,2-5,8-10H2,1H3. The van der Waals surface area contributed by atoms with E-state index in [4.69, 9.17) is 4.42 Å². The lowest BCUT2D eigenvalue weighted by molar-refractivity contribution is 0.0968. The molecule has 1 aliphatic carbocycles. The van der Waals surface area contributed by atoms with Gasteiger partial charge in [-0.05, 0) is 63.4 Å². The fourth-order valence-corrected chi connectivity index (χ4v) is 3.53. The first-order valence-electron chi connectivity index (χ1n) is 8.51. The van der Waals surface area contributed by atoms with Gasteiger partial charge in [-0.25, -0.2) is 0 Å². The summed E-state index contributed by atoms with van der Waals surface area (Å²) < 4.78 is 5.94. The van der Waals surface area contributed by atoms with Gasteiger partial charge in [0.05, 0.1) is 0 Å². The number of ketones is 1. The fourth-order valence-electron chi connectivity index (χ4n) is 3.53. The van der Waals surface area contributed by atoms with E-state index < -0.39 is 0 Å². The molecule has 1 saturated heterocycles. The van der Waals surface area contributed by atoms with E-state index in [-0.39, 0.29) is 5.92 Å². The Kier molecular flexibility index (Phi) is 3.53. The van der Waals surface area contributed by atoms with Gasteiger partial charge in [-0.1, -0.05) is 0 Å². The molecule has 1 aromatic carbocycles. The highest BCUT2D eigenvalue weighted by atomic mass is 16.3.